The highest BCUT2D eigenvalue weighted by atomic mass is 16.3. The number of nitrogens with zero attached hydrogens (tertiary/aromatic N) is 1. The van der Waals surface area contributed by atoms with Gasteiger partial charge < -0.3 is 9.40 Å². The van der Waals surface area contributed by atoms with E-state index in [-0.39, 0.29) is 5.91 Å². The molecule has 0 unspecified atom stereocenters. The van der Waals surface area contributed by atoms with E-state index >= 15 is 0 Å². The number of imidazole rings is 1. The van der Waals surface area contributed by atoms with Crippen molar-refractivity contribution in [1.29, 1.82) is 0 Å². The summed E-state index contributed by atoms with van der Waals surface area (Å²) in [5.41, 5.74) is 1.70. The number of rotatable bonds is 3. The fraction of sp³-hybridized carbons (Fsp3) is 0. The molecular weight excluding hydrogens is 242 g/mol. The first-order chi connectivity index (χ1) is 9.31. The molecule has 2 aromatic heterocycles. The Kier molecular flexibility index (Phi) is 2.86. The Morgan fingerprint density at radius 1 is 1.26 bits per heavy atom. The van der Waals surface area contributed by atoms with Crippen LogP contribution in [0.5, 0.6) is 0 Å². The normalized spacial score (nSPS) is 11.2. The number of aromatic amines is 1. The lowest BCUT2D eigenvalue weighted by Gasteiger charge is -1.94. The molecule has 0 aliphatic rings. The second-order valence-corrected chi connectivity index (χ2v) is 3.94. The van der Waals surface area contributed by atoms with Crippen LogP contribution in [0.2, 0.25) is 0 Å². The van der Waals surface area contributed by atoms with Crippen LogP contribution in [0.4, 0.5) is 5.95 Å². The number of hydrogen-bond donors (Lipinski definition) is 2. The van der Waals surface area contributed by atoms with E-state index in [2.05, 4.69) is 15.3 Å². The van der Waals surface area contributed by atoms with Crippen LogP contribution in [0.25, 0.3) is 17.1 Å². The molecule has 2 N–H and O–H groups in total. The van der Waals surface area contributed by atoms with Gasteiger partial charge >= 0.3 is 0 Å². The Morgan fingerprint density at radius 3 is 2.95 bits per heavy atom. The van der Waals surface area contributed by atoms with Crippen molar-refractivity contribution in [1.82, 2.24) is 9.97 Å². The van der Waals surface area contributed by atoms with Crippen molar-refractivity contribution in [3.05, 3.63) is 54.5 Å². The van der Waals surface area contributed by atoms with Gasteiger partial charge in [-0.3, -0.25) is 10.1 Å². The quantitative estimate of drug-likeness (QED) is 0.705. The van der Waals surface area contributed by atoms with Crippen LogP contribution in [0.1, 0.15) is 5.76 Å². The highest BCUT2D eigenvalue weighted by molar-refractivity contribution is 6.01. The molecule has 0 atom stereocenters. The molecular formula is C14H11N3O2. The van der Waals surface area contributed by atoms with E-state index in [9.17, 15) is 4.79 Å². The number of carbonyl (C=O) groups is 1. The van der Waals surface area contributed by atoms with Gasteiger partial charge in [-0.1, -0.05) is 12.1 Å². The SMILES string of the molecule is O=C(/C=C\c1ccco1)Nc1nc2ccccc2[nH]1. The predicted octanol–water partition coefficient (Wildman–Crippen LogP) is 2.81. The number of furan rings is 1. The molecule has 2 heterocycles. The molecule has 0 fully saturated rings. The number of fused-ring (bicyclic) bond motifs is 1. The Morgan fingerprint density at radius 2 is 2.16 bits per heavy atom. The lowest BCUT2D eigenvalue weighted by Crippen LogP contribution is -2.08. The van der Waals surface area contributed by atoms with Gasteiger partial charge in [0, 0.05) is 6.08 Å². The molecule has 19 heavy (non-hydrogen) atoms. The van der Waals surface area contributed by atoms with E-state index in [1.165, 1.54) is 6.08 Å². The van der Waals surface area contributed by atoms with Crippen molar-refractivity contribution < 1.29 is 9.21 Å². The van der Waals surface area contributed by atoms with E-state index in [1.807, 2.05) is 24.3 Å². The fourth-order valence-corrected chi connectivity index (χ4v) is 1.71. The highest BCUT2D eigenvalue weighted by Crippen LogP contribution is 2.13. The summed E-state index contributed by atoms with van der Waals surface area (Å²) in [5.74, 6) is 0.783. The van der Waals surface area contributed by atoms with Gasteiger partial charge in [-0.15, -0.1) is 0 Å². The highest BCUT2D eigenvalue weighted by Gasteiger charge is 2.03. The minimum absolute atomic E-state index is 0.268. The van der Waals surface area contributed by atoms with Crippen LogP contribution in [-0.4, -0.2) is 15.9 Å². The number of hydrogen-bond acceptors (Lipinski definition) is 3. The molecule has 0 saturated heterocycles. The maximum absolute atomic E-state index is 11.7. The number of aromatic nitrogens is 2. The molecule has 0 spiro atoms. The molecule has 0 saturated carbocycles. The molecule has 5 heteroatoms. The molecule has 0 aliphatic heterocycles. The molecule has 3 rings (SSSR count). The van der Waals surface area contributed by atoms with Crippen molar-refractivity contribution in [2.24, 2.45) is 0 Å². The average Bonchev–Trinajstić information content (AvgIpc) is 3.04. The molecule has 1 aromatic carbocycles. The average molecular weight is 253 g/mol. The third-order valence-electron chi connectivity index (χ3n) is 2.57. The fourth-order valence-electron chi connectivity index (χ4n) is 1.71. The summed E-state index contributed by atoms with van der Waals surface area (Å²) in [5, 5.41) is 2.66. The van der Waals surface area contributed by atoms with Gasteiger partial charge in [0.1, 0.15) is 5.76 Å². The van der Waals surface area contributed by atoms with E-state index in [1.54, 1.807) is 24.5 Å². The topological polar surface area (TPSA) is 70.9 Å². The lowest BCUT2D eigenvalue weighted by atomic mass is 10.3. The van der Waals surface area contributed by atoms with E-state index in [4.69, 9.17) is 4.42 Å². The van der Waals surface area contributed by atoms with E-state index in [0.29, 0.717) is 11.7 Å². The van der Waals surface area contributed by atoms with Crippen molar-refractivity contribution >= 4 is 29.0 Å². The third-order valence-corrected chi connectivity index (χ3v) is 2.57. The molecule has 5 nitrogen and oxygen atoms in total. The van der Waals surface area contributed by atoms with Crippen LogP contribution >= 0.6 is 0 Å². The van der Waals surface area contributed by atoms with Crippen molar-refractivity contribution in [3.8, 4) is 0 Å². The minimum atomic E-state index is -0.268. The molecule has 0 radical (unpaired) electrons. The van der Waals surface area contributed by atoms with Gasteiger partial charge in [0.2, 0.25) is 5.95 Å². The second kappa shape index (κ2) is 4.81. The van der Waals surface area contributed by atoms with Crippen LogP contribution in [-0.2, 0) is 4.79 Å². The van der Waals surface area contributed by atoms with Crippen molar-refractivity contribution in [2.45, 2.75) is 0 Å². The van der Waals surface area contributed by atoms with E-state index in [0.717, 1.165) is 11.0 Å². The first-order valence-electron chi connectivity index (χ1n) is 5.78. The maximum Gasteiger partial charge on any atom is 0.250 e. The number of nitrogens with one attached hydrogen (secondary N) is 2. The van der Waals surface area contributed by atoms with Gasteiger partial charge in [0.25, 0.3) is 5.91 Å². The van der Waals surface area contributed by atoms with Crippen LogP contribution < -0.4 is 5.32 Å². The predicted molar refractivity (Wildman–Crippen MR) is 72.5 cm³/mol. The summed E-state index contributed by atoms with van der Waals surface area (Å²) < 4.78 is 5.09. The number of amides is 1. The first kappa shape index (κ1) is 11.3. The van der Waals surface area contributed by atoms with Gasteiger partial charge in [-0.25, -0.2) is 4.98 Å². The van der Waals surface area contributed by atoms with Gasteiger partial charge in [-0.2, -0.15) is 0 Å². The van der Waals surface area contributed by atoms with Crippen LogP contribution in [0.15, 0.2) is 53.2 Å². The molecule has 1 amide bonds. The zero-order valence-corrected chi connectivity index (χ0v) is 9.96. The summed E-state index contributed by atoms with van der Waals surface area (Å²) >= 11 is 0. The smallest absolute Gasteiger partial charge is 0.250 e. The number of anilines is 1. The molecule has 3 aromatic rings. The lowest BCUT2D eigenvalue weighted by molar-refractivity contribution is -0.111. The Bertz CT molecular complexity index is 693. The number of para-hydroxylation sites is 2. The molecule has 94 valence electrons. The van der Waals surface area contributed by atoms with Crippen molar-refractivity contribution in [3.63, 3.8) is 0 Å². The number of carbonyl (C=O) groups excluding carboxylic acids is 1. The van der Waals surface area contributed by atoms with E-state index < -0.39 is 0 Å². The minimum Gasteiger partial charge on any atom is -0.465 e. The summed E-state index contributed by atoms with van der Waals surface area (Å²) in [6.45, 7) is 0. The summed E-state index contributed by atoms with van der Waals surface area (Å²) in [6.07, 6.45) is 4.54. The van der Waals surface area contributed by atoms with Gasteiger partial charge in [0.05, 0.1) is 17.3 Å². The zero-order valence-electron chi connectivity index (χ0n) is 9.96. The Balaban J connectivity index is 1.72. The second-order valence-electron chi connectivity index (χ2n) is 3.94. The van der Waals surface area contributed by atoms with Crippen LogP contribution in [0.3, 0.4) is 0 Å². The van der Waals surface area contributed by atoms with Gasteiger partial charge in [0.15, 0.2) is 0 Å². The Labute approximate surface area is 109 Å². The summed E-state index contributed by atoms with van der Waals surface area (Å²) in [4.78, 5) is 19.0. The number of H-pyrrole nitrogens is 1. The van der Waals surface area contributed by atoms with Crippen molar-refractivity contribution in [2.75, 3.05) is 5.32 Å². The summed E-state index contributed by atoms with van der Waals surface area (Å²) in [7, 11) is 0. The van der Waals surface area contributed by atoms with Crippen LogP contribution in [0, 0.1) is 0 Å². The van der Waals surface area contributed by atoms with Gasteiger partial charge in [-0.05, 0) is 30.3 Å². The Hall–Kier alpha value is -2.82. The monoisotopic (exact) mass is 253 g/mol. The first-order valence-corrected chi connectivity index (χ1v) is 5.78. The molecule has 0 bridgehead atoms. The standard InChI is InChI=1S/C14H11N3O2/c18-13(8-7-10-4-3-9-19-10)17-14-15-11-5-1-2-6-12(11)16-14/h1-9H,(H2,15,16,17,18)/b8-7-. The zero-order chi connectivity index (χ0) is 13.1. The molecule has 0 aliphatic carbocycles. The third kappa shape index (κ3) is 2.55. The summed E-state index contributed by atoms with van der Waals surface area (Å²) in [6, 6.07) is 11.1. The largest absolute Gasteiger partial charge is 0.465 e. The maximum atomic E-state index is 11.7. The number of benzene rings is 1.